The summed E-state index contributed by atoms with van der Waals surface area (Å²) in [5.74, 6) is 0. The second kappa shape index (κ2) is 8.16. The van der Waals surface area contributed by atoms with Crippen molar-refractivity contribution in [2.45, 2.75) is 84.5 Å². The molecule has 27 heavy (non-hydrogen) atoms. The summed E-state index contributed by atoms with van der Waals surface area (Å²) >= 11 is 0. The number of nitrogens with two attached hydrogens (primary N) is 1. The van der Waals surface area contributed by atoms with E-state index < -0.39 is 0 Å². The van der Waals surface area contributed by atoms with E-state index in [0.717, 1.165) is 18.4 Å². The second-order valence-corrected chi connectivity index (χ2v) is 9.27. The lowest BCUT2D eigenvalue weighted by molar-refractivity contribution is -0.148. The number of rotatable bonds is 8. The van der Waals surface area contributed by atoms with Crippen LogP contribution in [0.15, 0.2) is 48.5 Å². The number of aryl methyl sites for hydroxylation is 1. The van der Waals surface area contributed by atoms with Crippen LogP contribution in [0.4, 0.5) is 0 Å². The van der Waals surface area contributed by atoms with Gasteiger partial charge in [0.15, 0.2) is 0 Å². The first-order valence-corrected chi connectivity index (χ1v) is 10.1. The molecular weight excluding hydrogens is 330 g/mol. The van der Waals surface area contributed by atoms with Gasteiger partial charge in [0, 0.05) is 6.54 Å². The Bertz CT molecular complexity index is 728. The van der Waals surface area contributed by atoms with Gasteiger partial charge in [0.25, 0.3) is 0 Å². The lowest BCUT2D eigenvalue weighted by Crippen LogP contribution is -2.41. The van der Waals surface area contributed by atoms with E-state index in [1.807, 2.05) is 0 Å². The highest BCUT2D eigenvalue weighted by Crippen LogP contribution is 2.40. The molecule has 2 rings (SSSR count). The normalized spacial score (nSPS) is 14.8. The van der Waals surface area contributed by atoms with E-state index in [1.165, 1.54) is 16.7 Å². The SMILES string of the molecule is CCC(C)(OC(C)(C)CC(C)(C)c1ccc(C)cc1)c1ccc(CN)cc1. The van der Waals surface area contributed by atoms with Crippen LogP contribution in [0.5, 0.6) is 0 Å². The molecule has 2 N–H and O–H groups in total. The maximum Gasteiger partial charge on any atom is 0.0907 e. The minimum absolute atomic E-state index is 0.0370. The number of hydrogen-bond donors (Lipinski definition) is 1. The van der Waals surface area contributed by atoms with E-state index in [9.17, 15) is 0 Å². The molecule has 148 valence electrons. The lowest BCUT2D eigenvalue weighted by Gasteiger charge is -2.42. The summed E-state index contributed by atoms with van der Waals surface area (Å²) in [5, 5.41) is 0. The van der Waals surface area contributed by atoms with Gasteiger partial charge in [-0.15, -0.1) is 0 Å². The van der Waals surface area contributed by atoms with Gasteiger partial charge in [-0.05, 0) is 62.6 Å². The summed E-state index contributed by atoms with van der Waals surface area (Å²) in [4.78, 5) is 0. The molecular formula is C25H37NO. The number of hydrogen-bond acceptors (Lipinski definition) is 2. The van der Waals surface area contributed by atoms with Crippen LogP contribution in [0, 0.1) is 6.92 Å². The zero-order valence-electron chi connectivity index (χ0n) is 18.2. The van der Waals surface area contributed by atoms with Crippen LogP contribution in [0.3, 0.4) is 0 Å². The molecule has 0 saturated heterocycles. The van der Waals surface area contributed by atoms with Crippen LogP contribution >= 0.6 is 0 Å². The van der Waals surface area contributed by atoms with Crippen molar-refractivity contribution in [3.63, 3.8) is 0 Å². The van der Waals surface area contributed by atoms with Crippen LogP contribution in [-0.4, -0.2) is 5.60 Å². The maximum atomic E-state index is 6.78. The fraction of sp³-hybridized carbons (Fsp3) is 0.520. The molecule has 1 atom stereocenters. The Morgan fingerprint density at radius 3 is 1.81 bits per heavy atom. The molecule has 0 heterocycles. The van der Waals surface area contributed by atoms with Crippen LogP contribution < -0.4 is 5.73 Å². The van der Waals surface area contributed by atoms with Gasteiger partial charge in [-0.1, -0.05) is 74.9 Å². The quantitative estimate of drug-likeness (QED) is 0.599. The molecule has 0 aliphatic rings. The molecule has 0 aromatic heterocycles. The second-order valence-electron chi connectivity index (χ2n) is 9.27. The summed E-state index contributed by atoms with van der Waals surface area (Å²) in [6.07, 6.45) is 1.86. The first-order chi connectivity index (χ1) is 12.5. The fourth-order valence-corrected chi connectivity index (χ4v) is 4.15. The van der Waals surface area contributed by atoms with Crippen molar-refractivity contribution in [3.05, 3.63) is 70.8 Å². The third-order valence-electron chi connectivity index (χ3n) is 5.68. The van der Waals surface area contributed by atoms with Crippen LogP contribution in [0.1, 0.15) is 76.6 Å². The highest BCUT2D eigenvalue weighted by atomic mass is 16.5. The van der Waals surface area contributed by atoms with E-state index >= 15 is 0 Å². The molecule has 0 spiro atoms. The Hall–Kier alpha value is -1.64. The minimum Gasteiger partial charge on any atom is -0.365 e. The van der Waals surface area contributed by atoms with Crippen molar-refractivity contribution in [2.24, 2.45) is 5.73 Å². The van der Waals surface area contributed by atoms with E-state index in [-0.39, 0.29) is 16.6 Å². The highest BCUT2D eigenvalue weighted by Gasteiger charge is 2.37. The fourth-order valence-electron chi connectivity index (χ4n) is 4.15. The minimum atomic E-state index is -0.319. The smallest absolute Gasteiger partial charge is 0.0907 e. The highest BCUT2D eigenvalue weighted by molar-refractivity contribution is 5.29. The Morgan fingerprint density at radius 2 is 1.33 bits per heavy atom. The summed E-state index contributed by atoms with van der Waals surface area (Å²) in [5.41, 5.74) is 10.2. The van der Waals surface area contributed by atoms with Crippen molar-refractivity contribution < 1.29 is 4.74 Å². The topological polar surface area (TPSA) is 35.2 Å². The molecule has 2 aromatic carbocycles. The largest absolute Gasteiger partial charge is 0.365 e. The van der Waals surface area contributed by atoms with Crippen LogP contribution in [0.25, 0.3) is 0 Å². The van der Waals surface area contributed by atoms with Crippen molar-refractivity contribution >= 4 is 0 Å². The molecule has 0 fully saturated rings. The Labute approximate surface area is 166 Å². The molecule has 0 aliphatic carbocycles. The third-order valence-corrected chi connectivity index (χ3v) is 5.68. The predicted octanol–water partition coefficient (Wildman–Crippen LogP) is 6.24. The third kappa shape index (κ3) is 5.43. The Balaban J connectivity index is 2.21. The monoisotopic (exact) mass is 367 g/mol. The summed E-state index contributed by atoms with van der Waals surface area (Å²) in [7, 11) is 0. The van der Waals surface area contributed by atoms with Gasteiger partial charge in [-0.3, -0.25) is 0 Å². The molecule has 2 nitrogen and oxygen atoms in total. The van der Waals surface area contributed by atoms with Crippen molar-refractivity contribution in [2.75, 3.05) is 0 Å². The zero-order chi connectivity index (χ0) is 20.3. The average Bonchev–Trinajstić information content (AvgIpc) is 2.60. The van der Waals surface area contributed by atoms with Crippen molar-refractivity contribution in [3.8, 4) is 0 Å². The summed E-state index contributed by atoms with van der Waals surface area (Å²) in [6.45, 7) is 16.1. The molecule has 1 unspecified atom stereocenters. The molecule has 0 saturated carbocycles. The summed E-state index contributed by atoms with van der Waals surface area (Å²) < 4.78 is 6.78. The Kier molecular flexibility index (Phi) is 6.55. The van der Waals surface area contributed by atoms with Gasteiger partial charge in [0.2, 0.25) is 0 Å². The molecule has 0 radical (unpaired) electrons. The molecule has 0 aliphatic heterocycles. The van der Waals surface area contributed by atoms with Gasteiger partial charge >= 0.3 is 0 Å². The number of ether oxygens (including phenoxy) is 1. The molecule has 0 amide bonds. The van der Waals surface area contributed by atoms with E-state index in [4.69, 9.17) is 10.5 Å². The standard InChI is InChI=1S/C25H37NO/c1-8-25(7,22-15-11-20(17-26)12-16-22)27-24(5,6)18-23(3,4)21-13-9-19(2)10-14-21/h9-16H,8,17-18,26H2,1-7H3. The van der Waals surface area contributed by atoms with Crippen molar-refractivity contribution in [1.29, 1.82) is 0 Å². The Morgan fingerprint density at radius 1 is 0.815 bits per heavy atom. The van der Waals surface area contributed by atoms with Crippen molar-refractivity contribution in [1.82, 2.24) is 0 Å². The first kappa shape index (κ1) is 21.7. The molecule has 0 bridgehead atoms. The molecule has 2 heteroatoms. The van der Waals surface area contributed by atoms with Crippen LogP contribution in [-0.2, 0) is 22.3 Å². The summed E-state index contributed by atoms with van der Waals surface area (Å²) in [6, 6.07) is 17.4. The lowest BCUT2D eigenvalue weighted by atomic mass is 9.75. The predicted molar refractivity (Wildman–Crippen MR) is 116 cm³/mol. The van der Waals surface area contributed by atoms with Gasteiger partial charge < -0.3 is 10.5 Å². The van der Waals surface area contributed by atoms with E-state index in [2.05, 4.69) is 97.0 Å². The van der Waals surface area contributed by atoms with Gasteiger partial charge in [0.05, 0.1) is 11.2 Å². The average molecular weight is 368 g/mol. The van der Waals surface area contributed by atoms with Gasteiger partial charge in [-0.2, -0.15) is 0 Å². The number of benzene rings is 2. The maximum absolute atomic E-state index is 6.78. The van der Waals surface area contributed by atoms with Gasteiger partial charge in [0.1, 0.15) is 0 Å². The molecule has 2 aromatic rings. The van der Waals surface area contributed by atoms with Crippen LogP contribution in [0.2, 0.25) is 0 Å². The van der Waals surface area contributed by atoms with E-state index in [0.29, 0.717) is 6.54 Å². The first-order valence-electron chi connectivity index (χ1n) is 10.1. The van der Waals surface area contributed by atoms with Gasteiger partial charge in [-0.25, -0.2) is 0 Å². The van der Waals surface area contributed by atoms with E-state index in [1.54, 1.807) is 0 Å². The zero-order valence-corrected chi connectivity index (χ0v) is 18.2.